The topological polar surface area (TPSA) is 87.7 Å². The molecule has 0 unspecified atom stereocenters. The minimum absolute atomic E-state index is 0.223. The molecular formula is C25H27FN4O2S. The van der Waals surface area contributed by atoms with Crippen LogP contribution in [0, 0.1) is 11.7 Å². The molecule has 2 aromatic heterocycles. The first kappa shape index (κ1) is 21.8. The Hall–Kier alpha value is -3.00. The number of imidazole rings is 1. The summed E-state index contributed by atoms with van der Waals surface area (Å²) in [5, 5.41) is 0.921. The lowest BCUT2D eigenvalue weighted by atomic mass is 9.73. The molecule has 1 aliphatic carbocycles. The monoisotopic (exact) mass is 466 g/mol. The fourth-order valence-electron chi connectivity index (χ4n) is 5.17. The van der Waals surface area contributed by atoms with Gasteiger partial charge in [-0.3, -0.25) is 9.71 Å². The molecule has 1 atom stereocenters. The SMILES string of the molecule is C[C@@H](c1nc2ccc(NS(C)(=O)=O)cc2[nH]1)[C@H]1CC[C@@H](c2ccnc3ccc(F)cc32)CC1. The van der Waals surface area contributed by atoms with E-state index in [4.69, 9.17) is 4.98 Å². The second kappa shape index (κ2) is 8.41. The molecule has 0 bridgehead atoms. The maximum Gasteiger partial charge on any atom is 0.229 e. The van der Waals surface area contributed by atoms with Crippen molar-refractivity contribution in [1.29, 1.82) is 0 Å². The van der Waals surface area contributed by atoms with Gasteiger partial charge in [-0.2, -0.15) is 0 Å². The van der Waals surface area contributed by atoms with Gasteiger partial charge in [0, 0.05) is 17.5 Å². The molecule has 6 nitrogen and oxygen atoms in total. The van der Waals surface area contributed by atoms with Gasteiger partial charge in [-0.15, -0.1) is 0 Å². The standard InChI is InChI=1S/C25H27FN4O2S/c1-15(25-28-23-10-8-19(14-24(23)29-25)30-33(2,31)32)16-3-5-17(6-4-16)20-11-12-27-22-9-7-18(26)13-21(20)22/h7-17,30H,3-6H2,1-2H3,(H,28,29)/t15-,16-,17+/m1/s1. The zero-order valence-electron chi connectivity index (χ0n) is 18.7. The van der Waals surface area contributed by atoms with E-state index in [2.05, 4.69) is 21.6 Å². The summed E-state index contributed by atoms with van der Waals surface area (Å²) < 4.78 is 39.4. The van der Waals surface area contributed by atoms with Crippen molar-refractivity contribution >= 4 is 37.6 Å². The molecule has 4 aromatic rings. The van der Waals surface area contributed by atoms with Gasteiger partial charge >= 0.3 is 0 Å². The van der Waals surface area contributed by atoms with E-state index in [-0.39, 0.29) is 11.7 Å². The molecule has 0 radical (unpaired) electrons. The highest BCUT2D eigenvalue weighted by molar-refractivity contribution is 7.92. The van der Waals surface area contributed by atoms with Crippen LogP contribution in [0.5, 0.6) is 0 Å². The van der Waals surface area contributed by atoms with E-state index in [1.165, 1.54) is 11.6 Å². The highest BCUT2D eigenvalue weighted by atomic mass is 32.2. The number of hydrogen-bond acceptors (Lipinski definition) is 4. The maximum atomic E-state index is 13.9. The number of H-pyrrole nitrogens is 1. The number of pyridine rings is 1. The fraction of sp³-hybridized carbons (Fsp3) is 0.360. The van der Waals surface area contributed by atoms with E-state index in [0.717, 1.165) is 59.7 Å². The molecular weight excluding hydrogens is 439 g/mol. The largest absolute Gasteiger partial charge is 0.342 e. The number of aromatic nitrogens is 3. The third-order valence-electron chi connectivity index (χ3n) is 6.89. The first-order valence-electron chi connectivity index (χ1n) is 11.3. The Morgan fingerprint density at radius 3 is 2.58 bits per heavy atom. The van der Waals surface area contributed by atoms with Gasteiger partial charge < -0.3 is 4.98 Å². The van der Waals surface area contributed by atoms with Crippen LogP contribution >= 0.6 is 0 Å². The number of nitrogens with zero attached hydrogens (tertiary/aromatic N) is 2. The summed E-state index contributed by atoms with van der Waals surface area (Å²) in [6, 6.07) is 12.2. The van der Waals surface area contributed by atoms with Gasteiger partial charge in [-0.1, -0.05) is 6.92 Å². The second-order valence-corrected chi connectivity index (χ2v) is 10.9. The third-order valence-corrected chi connectivity index (χ3v) is 7.50. The van der Waals surface area contributed by atoms with E-state index in [1.807, 2.05) is 18.3 Å². The number of nitrogens with one attached hydrogen (secondary N) is 2. The Bertz CT molecular complexity index is 1430. The number of rotatable bonds is 5. The summed E-state index contributed by atoms with van der Waals surface area (Å²) in [6.07, 6.45) is 7.21. The highest BCUT2D eigenvalue weighted by Crippen LogP contribution is 2.43. The molecule has 0 spiro atoms. The molecule has 1 aliphatic rings. The lowest BCUT2D eigenvalue weighted by Gasteiger charge is -2.32. The molecule has 2 N–H and O–H groups in total. The fourth-order valence-corrected chi connectivity index (χ4v) is 5.73. The summed E-state index contributed by atoms with van der Waals surface area (Å²) in [5.41, 5.74) is 4.21. The Balaban J connectivity index is 1.31. The van der Waals surface area contributed by atoms with Crippen molar-refractivity contribution in [1.82, 2.24) is 15.0 Å². The van der Waals surface area contributed by atoms with Crippen LogP contribution in [0.15, 0.2) is 48.7 Å². The molecule has 0 amide bonds. The molecule has 33 heavy (non-hydrogen) atoms. The van der Waals surface area contributed by atoms with E-state index in [1.54, 1.807) is 24.3 Å². The first-order chi connectivity index (χ1) is 15.8. The summed E-state index contributed by atoms with van der Waals surface area (Å²) >= 11 is 0. The second-order valence-electron chi connectivity index (χ2n) is 9.19. The molecule has 2 aromatic carbocycles. The minimum Gasteiger partial charge on any atom is -0.342 e. The lowest BCUT2D eigenvalue weighted by molar-refractivity contribution is 0.286. The summed E-state index contributed by atoms with van der Waals surface area (Å²) in [6.45, 7) is 2.20. The summed E-state index contributed by atoms with van der Waals surface area (Å²) in [4.78, 5) is 12.6. The van der Waals surface area contributed by atoms with Gasteiger partial charge in [0.1, 0.15) is 11.6 Å². The van der Waals surface area contributed by atoms with Gasteiger partial charge in [-0.05, 0) is 85.5 Å². The van der Waals surface area contributed by atoms with Crippen molar-refractivity contribution in [2.75, 3.05) is 11.0 Å². The van der Waals surface area contributed by atoms with Crippen LogP contribution in [-0.2, 0) is 10.0 Å². The van der Waals surface area contributed by atoms with Gasteiger partial charge in [0.05, 0.1) is 28.5 Å². The third kappa shape index (κ3) is 4.57. The quantitative estimate of drug-likeness (QED) is 0.395. The van der Waals surface area contributed by atoms with Gasteiger partial charge in [0.15, 0.2) is 0 Å². The van der Waals surface area contributed by atoms with Gasteiger partial charge in [0.25, 0.3) is 0 Å². The number of halogens is 1. The number of benzene rings is 2. The molecule has 8 heteroatoms. The van der Waals surface area contributed by atoms with Crippen molar-refractivity contribution in [2.24, 2.45) is 5.92 Å². The zero-order chi connectivity index (χ0) is 23.2. The van der Waals surface area contributed by atoms with Crippen LogP contribution in [0.2, 0.25) is 0 Å². The van der Waals surface area contributed by atoms with Gasteiger partial charge in [0.2, 0.25) is 10.0 Å². The van der Waals surface area contributed by atoms with Crippen molar-refractivity contribution < 1.29 is 12.8 Å². The van der Waals surface area contributed by atoms with Crippen LogP contribution in [0.25, 0.3) is 21.9 Å². The zero-order valence-corrected chi connectivity index (χ0v) is 19.5. The lowest BCUT2D eigenvalue weighted by Crippen LogP contribution is -2.19. The predicted molar refractivity (Wildman–Crippen MR) is 129 cm³/mol. The maximum absolute atomic E-state index is 13.9. The molecule has 1 saturated carbocycles. The number of anilines is 1. The number of sulfonamides is 1. The van der Waals surface area contributed by atoms with Crippen molar-refractivity contribution in [3.05, 3.63) is 65.9 Å². The summed E-state index contributed by atoms with van der Waals surface area (Å²) in [5.74, 6) is 1.87. The van der Waals surface area contributed by atoms with Crippen LogP contribution in [-0.4, -0.2) is 29.6 Å². The average molecular weight is 467 g/mol. The number of aromatic amines is 1. The highest BCUT2D eigenvalue weighted by Gasteiger charge is 2.29. The molecule has 172 valence electrons. The average Bonchev–Trinajstić information content (AvgIpc) is 3.20. The molecule has 0 aliphatic heterocycles. The van der Waals surface area contributed by atoms with Gasteiger partial charge in [-0.25, -0.2) is 17.8 Å². The Labute approximate surface area is 192 Å². The number of fused-ring (bicyclic) bond motifs is 2. The molecule has 2 heterocycles. The van der Waals surface area contributed by atoms with E-state index in [0.29, 0.717) is 17.5 Å². The summed E-state index contributed by atoms with van der Waals surface area (Å²) in [7, 11) is -3.33. The van der Waals surface area contributed by atoms with Crippen molar-refractivity contribution in [2.45, 2.75) is 44.4 Å². The Morgan fingerprint density at radius 1 is 1.06 bits per heavy atom. The van der Waals surface area contributed by atoms with Crippen molar-refractivity contribution in [3.8, 4) is 0 Å². The predicted octanol–water partition coefficient (Wildman–Crippen LogP) is 5.70. The Kier molecular flexibility index (Phi) is 5.56. The van der Waals surface area contributed by atoms with E-state index < -0.39 is 10.0 Å². The smallest absolute Gasteiger partial charge is 0.229 e. The van der Waals surface area contributed by atoms with Crippen LogP contribution in [0.4, 0.5) is 10.1 Å². The minimum atomic E-state index is -3.33. The molecule has 5 rings (SSSR count). The van der Waals surface area contributed by atoms with E-state index >= 15 is 0 Å². The van der Waals surface area contributed by atoms with Crippen molar-refractivity contribution in [3.63, 3.8) is 0 Å². The normalized spacial score (nSPS) is 20.2. The van der Waals surface area contributed by atoms with Crippen LogP contribution in [0.1, 0.15) is 55.8 Å². The molecule has 1 fully saturated rings. The molecule has 0 saturated heterocycles. The van der Waals surface area contributed by atoms with Crippen LogP contribution in [0.3, 0.4) is 0 Å². The Morgan fingerprint density at radius 2 is 1.82 bits per heavy atom. The van der Waals surface area contributed by atoms with E-state index in [9.17, 15) is 12.8 Å². The number of hydrogen-bond donors (Lipinski definition) is 2. The van der Waals surface area contributed by atoms with Crippen LogP contribution < -0.4 is 4.72 Å². The first-order valence-corrected chi connectivity index (χ1v) is 13.2.